The summed E-state index contributed by atoms with van der Waals surface area (Å²) in [5, 5.41) is 16.3. The maximum atomic E-state index is 12.4. The Labute approximate surface area is 164 Å². The van der Waals surface area contributed by atoms with E-state index in [1.165, 1.54) is 6.26 Å². The van der Waals surface area contributed by atoms with Crippen LogP contribution < -0.4 is 10.6 Å². The van der Waals surface area contributed by atoms with Crippen molar-refractivity contribution in [2.45, 2.75) is 13.0 Å². The van der Waals surface area contributed by atoms with Gasteiger partial charge in [-0.1, -0.05) is 23.7 Å². The molecule has 0 saturated heterocycles. The first-order chi connectivity index (χ1) is 13.0. The summed E-state index contributed by atoms with van der Waals surface area (Å²) in [5.41, 5.74) is 1.08. The second kappa shape index (κ2) is 8.39. The highest BCUT2D eigenvalue weighted by molar-refractivity contribution is 7.18. The molecule has 0 saturated carbocycles. The van der Waals surface area contributed by atoms with E-state index in [9.17, 15) is 14.7 Å². The number of carbonyl (C=O) groups excluding carboxylic acids is 2. The fourth-order valence-corrected chi connectivity index (χ4v) is 3.65. The number of hydrogen-bond acceptors (Lipinski definition) is 5. The van der Waals surface area contributed by atoms with Crippen molar-refractivity contribution in [2.75, 3.05) is 11.9 Å². The summed E-state index contributed by atoms with van der Waals surface area (Å²) >= 11 is 7.19. The van der Waals surface area contributed by atoms with E-state index < -0.39 is 6.10 Å². The van der Waals surface area contributed by atoms with E-state index >= 15 is 0 Å². The number of amides is 2. The normalized spacial score (nSPS) is 11.8. The third-order valence-electron chi connectivity index (χ3n) is 3.81. The molecule has 1 unspecified atom stereocenters. The first-order valence-electron chi connectivity index (χ1n) is 8.11. The topological polar surface area (TPSA) is 91.6 Å². The van der Waals surface area contributed by atoms with Crippen molar-refractivity contribution >= 4 is 39.8 Å². The predicted molar refractivity (Wildman–Crippen MR) is 104 cm³/mol. The van der Waals surface area contributed by atoms with Crippen LogP contribution in [-0.2, 0) is 0 Å². The average Bonchev–Trinajstić information content (AvgIpc) is 3.29. The molecular weight excluding hydrogens is 388 g/mol. The summed E-state index contributed by atoms with van der Waals surface area (Å²) in [4.78, 5) is 25.2. The van der Waals surface area contributed by atoms with Gasteiger partial charge in [-0.25, -0.2) is 0 Å². The maximum absolute atomic E-state index is 12.4. The molecule has 0 radical (unpaired) electrons. The molecule has 1 aromatic carbocycles. The van der Waals surface area contributed by atoms with Crippen LogP contribution in [0.25, 0.3) is 0 Å². The van der Waals surface area contributed by atoms with Gasteiger partial charge in [-0.05, 0) is 42.8 Å². The van der Waals surface area contributed by atoms with E-state index in [4.69, 9.17) is 16.0 Å². The number of carbonyl (C=O) groups is 2. The van der Waals surface area contributed by atoms with Crippen molar-refractivity contribution in [3.63, 3.8) is 0 Å². The Morgan fingerprint density at radius 1 is 1.22 bits per heavy atom. The van der Waals surface area contributed by atoms with Crippen molar-refractivity contribution in [3.05, 3.63) is 75.5 Å². The second-order valence-electron chi connectivity index (χ2n) is 5.80. The molecule has 6 nitrogen and oxygen atoms in total. The Bertz CT molecular complexity index is 953. The lowest BCUT2D eigenvalue weighted by Crippen LogP contribution is -2.28. The number of benzene rings is 1. The lowest BCUT2D eigenvalue weighted by molar-refractivity contribution is 0.0904. The highest BCUT2D eigenvalue weighted by Gasteiger charge is 2.18. The van der Waals surface area contributed by atoms with Gasteiger partial charge in [0.2, 0.25) is 0 Å². The molecule has 2 heterocycles. The van der Waals surface area contributed by atoms with Crippen molar-refractivity contribution in [2.24, 2.45) is 0 Å². The largest absolute Gasteiger partial charge is 0.467 e. The van der Waals surface area contributed by atoms with Crippen LogP contribution in [0, 0.1) is 6.92 Å². The number of rotatable bonds is 6. The molecule has 0 aliphatic rings. The lowest BCUT2D eigenvalue weighted by atomic mass is 10.2. The number of furan rings is 1. The number of nitrogens with one attached hydrogen (secondary N) is 2. The Balaban J connectivity index is 1.64. The molecule has 8 heteroatoms. The lowest BCUT2D eigenvalue weighted by Gasteiger charge is -2.09. The predicted octanol–water partition coefficient (Wildman–Crippen LogP) is 4.02. The second-order valence-corrected chi connectivity index (χ2v) is 7.26. The Morgan fingerprint density at radius 3 is 2.70 bits per heavy atom. The Morgan fingerprint density at radius 2 is 2.00 bits per heavy atom. The maximum Gasteiger partial charge on any atom is 0.261 e. The van der Waals surface area contributed by atoms with Crippen LogP contribution in [0.2, 0.25) is 5.02 Å². The summed E-state index contributed by atoms with van der Waals surface area (Å²) in [6.45, 7) is 1.80. The van der Waals surface area contributed by atoms with Gasteiger partial charge < -0.3 is 20.2 Å². The summed E-state index contributed by atoms with van der Waals surface area (Å²) in [6.07, 6.45) is 0.529. The summed E-state index contributed by atoms with van der Waals surface area (Å²) in [6, 6.07) is 11.8. The van der Waals surface area contributed by atoms with Crippen LogP contribution in [0.1, 0.15) is 37.5 Å². The van der Waals surface area contributed by atoms with Crippen molar-refractivity contribution in [3.8, 4) is 0 Å². The van der Waals surface area contributed by atoms with E-state index in [-0.39, 0.29) is 18.4 Å². The number of anilines is 1. The first-order valence-corrected chi connectivity index (χ1v) is 9.31. The van der Waals surface area contributed by atoms with Gasteiger partial charge in [-0.15, -0.1) is 11.3 Å². The van der Waals surface area contributed by atoms with Gasteiger partial charge in [0.15, 0.2) is 0 Å². The van der Waals surface area contributed by atoms with Crippen molar-refractivity contribution < 1.29 is 19.1 Å². The van der Waals surface area contributed by atoms with Crippen LogP contribution >= 0.6 is 22.9 Å². The molecule has 27 heavy (non-hydrogen) atoms. The monoisotopic (exact) mass is 404 g/mol. The zero-order chi connectivity index (χ0) is 19.4. The minimum Gasteiger partial charge on any atom is -0.467 e. The molecule has 0 aliphatic heterocycles. The smallest absolute Gasteiger partial charge is 0.261 e. The van der Waals surface area contributed by atoms with Gasteiger partial charge in [0.05, 0.1) is 33.3 Å². The fourth-order valence-electron chi connectivity index (χ4n) is 2.44. The zero-order valence-electron chi connectivity index (χ0n) is 14.4. The van der Waals surface area contributed by atoms with E-state index in [0.29, 0.717) is 26.2 Å². The van der Waals surface area contributed by atoms with Crippen LogP contribution in [-0.4, -0.2) is 23.5 Å². The van der Waals surface area contributed by atoms with E-state index in [1.54, 1.807) is 49.4 Å². The van der Waals surface area contributed by atoms with E-state index in [1.807, 2.05) is 0 Å². The molecule has 3 N–H and O–H groups in total. The summed E-state index contributed by atoms with van der Waals surface area (Å²) in [5.74, 6) is -0.297. The fraction of sp³-hybridized carbons (Fsp3) is 0.158. The SMILES string of the molecule is Cc1cc(NC(=O)c2ccccc2Cl)sc1C(=O)NCC(O)c1ccco1. The van der Waals surface area contributed by atoms with E-state index in [0.717, 1.165) is 16.9 Å². The zero-order valence-corrected chi connectivity index (χ0v) is 15.9. The third-order valence-corrected chi connectivity index (χ3v) is 5.29. The highest BCUT2D eigenvalue weighted by Crippen LogP contribution is 2.28. The molecule has 2 amide bonds. The highest BCUT2D eigenvalue weighted by atomic mass is 35.5. The number of hydrogen-bond donors (Lipinski definition) is 3. The molecule has 3 aromatic rings. The van der Waals surface area contributed by atoms with Crippen LogP contribution in [0.15, 0.2) is 53.1 Å². The number of aliphatic hydroxyl groups excluding tert-OH is 1. The molecule has 2 aromatic heterocycles. The summed E-state index contributed by atoms with van der Waals surface area (Å²) < 4.78 is 5.10. The van der Waals surface area contributed by atoms with Crippen LogP contribution in [0.4, 0.5) is 5.00 Å². The van der Waals surface area contributed by atoms with Gasteiger partial charge in [-0.2, -0.15) is 0 Å². The van der Waals surface area contributed by atoms with Crippen LogP contribution in [0.5, 0.6) is 0 Å². The van der Waals surface area contributed by atoms with Gasteiger partial charge >= 0.3 is 0 Å². The first kappa shape index (κ1) is 19.2. The standard InChI is InChI=1S/C19H17ClN2O4S/c1-11-9-16(22-18(24)12-5-2-3-6-13(12)20)27-17(11)19(25)21-10-14(23)15-7-4-8-26-15/h2-9,14,23H,10H2,1H3,(H,21,25)(H,22,24). The van der Waals surface area contributed by atoms with Crippen molar-refractivity contribution in [1.29, 1.82) is 0 Å². The van der Waals surface area contributed by atoms with Gasteiger partial charge in [0, 0.05) is 0 Å². The number of aryl methyl sites for hydroxylation is 1. The molecule has 0 spiro atoms. The molecule has 140 valence electrons. The van der Waals surface area contributed by atoms with E-state index in [2.05, 4.69) is 10.6 Å². The average molecular weight is 405 g/mol. The quantitative estimate of drug-likeness (QED) is 0.578. The van der Waals surface area contributed by atoms with Crippen LogP contribution in [0.3, 0.4) is 0 Å². The molecule has 0 bridgehead atoms. The number of aliphatic hydroxyl groups is 1. The molecular formula is C19H17ClN2O4S. The minimum absolute atomic E-state index is 0.0189. The Hall–Kier alpha value is -2.61. The van der Waals surface area contributed by atoms with Gasteiger partial charge in [0.1, 0.15) is 11.9 Å². The van der Waals surface area contributed by atoms with Gasteiger partial charge in [0.25, 0.3) is 11.8 Å². The molecule has 0 aliphatic carbocycles. The molecule has 3 rings (SSSR count). The van der Waals surface area contributed by atoms with Crippen molar-refractivity contribution in [1.82, 2.24) is 5.32 Å². The number of halogens is 1. The molecule has 0 fully saturated rings. The third kappa shape index (κ3) is 4.57. The Kier molecular flexibility index (Phi) is 5.95. The minimum atomic E-state index is -0.927. The summed E-state index contributed by atoms with van der Waals surface area (Å²) in [7, 11) is 0. The number of thiophene rings is 1. The molecule has 1 atom stereocenters. The van der Waals surface area contributed by atoms with Gasteiger partial charge in [-0.3, -0.25) is 9.59 Å².